The Morgan fingerprint density at radius 1 is 1.00 bits per heavy atom. The highest BCUT2D eigenvalue weighted by molar-refractivity contribution is 5.97. The summed E-state index contributed by atoms with van der Waals surface area (Å²) in [6.45, 7) is 3.12. The van der Waals surface area contributed by atoms with Crippen molar-refractivity contribution in [2.75, 3.05) is 39.8 Å². The summed E-state index contributed by atoms with van der Waals surface area (Å²) in [5, 5.41) is 0. The normalized spacial score (nSPS) is 10.3. The molecule has 5 nitrogen and oxygen atoms in total. The van der Waals surface area contributed by atoms with Crippen LogP contribution in [0.2, 0.25) is 0 Å². The zero-order chi connectivity index (χ0) is 18.4. The number of ether oxygens (including phenoxy) is 2. The maximum atomic E-state index is 13.0. The van der Waals surface area contributed by atoms with Gasteiger partial charge in [-0.1, -0.05) is 18.2 Å². The van der Waals surface area contributed by atoms with Crippen LogP contribution >= 0.6 is 0 Å². The van der Waals surface area contributed by atoms with E-state index in [1.54, 1.807) is 37.3 Å². The lowest BCUT2D eigenvalue weighted by molar-refractivity contribution is 0.0748. The van der Waals surface area contributed by atoms with Gasteiger partial charge in [-0.15, -0.1) is 0 Å². The van der Waals surface area contributed by atoms with Crippen molar-refractivity contribution in [2.24, 2.45) is 0 Å². The predicted octanol–water partition coefficient (Wildman–Crippen LogP) is 3.43. The third kappa shape index (κ3) is 4.24. The molecule has 1 amide bonds. The van der Waals surface area contributed by atoms with Crippen LogP contribution in [0.1, 0.15) is 22.8 Å². The Morgan fingerprint density at radius 3 is 2.20 bits per heavy atom. The van der Waals surface area contributed by atoms with Gasteiger partial charge >= 0.3 is 0 Å². The number of amides is 1. The van der Waals surface area contributed by atoms with Crippen LogP contribution in [0.4, 0.5) is 5.69 Å². The molecule has 0 unspecified atom stereocenters. The van der Waals surface area contributed by atoms with E-state index in [2.05, 4.69) is 12.1 Å². The van der Waals surface area contributed by atoms with Crippen molar-refractivity contribution in [3.05, 3.63) is 53.6 Å². The first-order valence-electron chi connectivity index (χ1n) is 8.28. The predicted molar refractivity (Wildman–Crippen MR) is 101 cm³/mol. The second-order valence-corrected chi connectivity index (χ2v) is 5.92. The molecule has 0 aliphatic rings. The fraction of sp³-hybridized carbons (Fsp3) is 0.350. The highest BCUT2D eigenvalue weighted by Gasteiger charge is 2.21. The Morgan fingerprint density at radius 2 is 1.68 bits per heavy atom. The first-order chi connectivity index (χ1) is 12.0. The molecular formula is C20H26N2O3. The summed E-state index contributed by atoms with van der Waals surface area (Å²) in [5.74, 6) is 0.950. The van der Waals surface area contributed by atoms with Gasteiger partial charge in [-0.2, -0.15) is 0 Å². The van der Waals surface area contributed by atoms with Gasteiger partial charge in [-0.25, -0.2) is 0 Å². The van der Waals surface area contributed by atoms with Crippen LogP contribution < -0.4 is 14.4 Å². The molecule has 0 fully saturated rings. The van der Waals surface area contributed by atoms with Crippen molar-refractivity contribution in [1.82, 2.24) is 4.90 Å². The lowest BCUT2D eigenvalue weighted by Crippen LogP contribution is -2.30. The molecule has 0 N–H and O–H groups in total. The Bertz CT molecular complexity index is 711. The Labute approximate surface area is 149 Å². The van der Waals surface area contributed by atoms with Crippen LogP contribution in [-0.4, -0.2) is 45.7 Å². The maximum Gasteiger partial charge on any atom is 0.258 e. The summed E-state index contributed by atoms with van der Waals surface area (Å²) in [7, 11) is 7.12. The highest BCUT2D eigenvalue weighted by Crippen LogP contribution is 2.31. The summed E-state index contributed by atoms with van der Waals surface area (Å²) in [6, 6.07) is 13.6. The van der Waals surface area contributed by atoms with Crippen LogP contribution in [-0.2, 0) is 6.54 Å². The number of nitrogens with zero attached hydrogens (tertiary/aromatic N) is 2. The lowest BCUT2D eigenvalue weighted by Gasteiger charge is -2.23. The second-order valence-electron chi connectivity index (χ2n) is 5.92. The Kier molecular flexibility index (Phi) is 6.28. The highest BCUT2D eigenvalue weighted by atomic mass is 16.5. The molecule has 2 aromatic rings. The zero-order valence-electron chi connectivity index (χ0n) is 15.6. The SMILES string of the molecule is CCN(Cc1ccc(N(C)C)cc1)C(=O)c1cccc(OC)c1OC. The van der Waals surface area contributed by atoms with Gasteiger partial charge in [-0.05, 0) is 36.8 Å². The van der Waals surface area contributed by atoms with Crippen LogP contribution in [0.25, 0.3) is 0 Å². The molecule has 5 heteroatoms. The number of anilines is 1. The topological polar surface area (TPSA) is 42.0 Å². The number of carbonyl (C=O) groups is 1. The quantitative estimate of drug-likeness (QED) is 0.773. The lowest BCUT2D eigenvalue weighted by atomic mass is 10.1. The third-order valence-electron chi connectivity index (χ3n) is 4.13. The van der Waals surface area contributed by atoms with Crippen LogP contribution in [0.5, 0.6) is 11.5 Å². The molecule has 25 heavy (non-hydrogen) atoms. The van der Waals surface area contributed by atoms with E-state index >= 15 is 0 Å². The number of hydrogen-bond acceptors (Lipinski definition) is 4. The van der Waals surface area contributed by atoms with E-state index in [9.17, 15) is 4.79 Å². The van der Waals surface area contributed by atoms with E-state index in [4.69, 9.17) is 9.47 Å². The molecule has 0 spiro atoms. The molecule has 2 aromatic carbocycles. The number of para-hydroxylation sites is 1. The number of hydrogen-bond donors (Lipinski definition) is 0. The first kappa shape index (κ1) is 18.6. The van der Waals surface area contributed by atoms with Crippen LogP contribution in [0.15, 0.2) is 42.5 Å². The standard InChI is InChI=1S/C20H26N2O3/c1-6-22(14-15-10-12-16(13-11-15)21(2)3)20(23)17-8-7-9-18(24-4)19(17)25-5/h7-13H,6,14H2,1-5H3. The van der Waals surface area contributed by atoms with Gasteiger partial charge in [0, 0.05) is 32.9 Å². The van der Waals surface area contributed by atoms with Gasteiger partial charge in [0.1, 0.15) is 0 Å². The Hall–Kier alpha value is -2.69. The molecule has 0 aliphatic heterocycles. The van der Waals surface area contributed by atoms with E-state index in [1.165, 1.54) is 0 Å². The smallest absolute Gasteiger partial charge is 0.258 e. The van der Waals surface area contributed by atoms with Crippen molar-refractivity contribution in [2.45, 2.75) is 13.5 Å². The average molecular weight is 342 g/mol. The summed E-state index contributed by atoms with van der Waals surface area (Å²) in [6.07, 6.45) is 0. The number of methoxy groups -OCH3 is 2. The van der Waals surface area contributed by atoms with Crippen LogP contribution in [0.3, 0.4) is 0 Å². The van der Waals surface area contributed by atoms with Gasteiger partial charge in [0.05, 0.1) is 19.8 Å². The fourth-order valence-electron chi connectivity index (χ4n) is 2.67. The average Bonchev–Trinajstić information content (AvgIpc) is 2.65. The number of rotatable bonds is 7. The van der Waals surface area contributed by atoms with Gasteiger partial charge in [-0.3, -0.25) is 4.79 Å². The van der Waals surface area contributed by atoms with E-state index in [-0.39, 0.29) is 5.91 Å². The third-order valence-corrected chi connectivity index (χ3v) is 4.13. The second kappa shape index (κ2) is 8.42. The van der Waals surface area contributed by atoms with Gasteiger partial charge in [0.25, 0.3) is 5.91 Å². The van der Waals surface area contributed by atoms with Crippen molar-refractivity contribution < 1.29 is 14.3 Å². The van der Waals surface area contributed by atoms with Crippen molar-refractivity contribution in [3.63, 3.8) is 0 Å². The maximum absolute atomic E-state index is 13.0. The molecule has 0 saturated carbocycles. The van der Waals surface area contributed by atoms with E-state index in [0.29, 0.717) is 30.2 Å². The van der Waals surface area contributed by atoms with Crippen molar-refractivity contribution in [1.29, 1.82) is 0 Å². The first-order valence-corrected chi connectivity index (χ1v) is 8.28. The van der Waals surface area contributed by atoms with E-state index in [1.807, 2.05) is 38.1 Å². The van der Waals surface area contributed by atoms with Crippen LogP contribution in [0, 0.1) is 0 Å². The molecule has 0 atom stereocenters. The molecule has 0 heterocycles. The largest absolute Gasteiger partial charge is 0.493 e. The molecule has 0 saturated heterocycles. The monoisotopic (exact) mass is 342 g/mol. The van der Waals surface area contributed by atoms with Gasteiger partial charge in [0.2, 0.25) is 0 Å². The number of carbonyl (C=O) groups excluding carboxylic acids is 1. The van der Waals surface area contributed by atoms with Gasteiger partial charge < -0.3 is 19.3 Å². The summed E-state index contributed by atoms with van der Waals surface area (Å²) in [5.41, 5.74) is 2.73. The molecule has 0 radical (unpaired) electrons. The summed E-state index contributed by atoms with van der Waals surface area (Å²) < 4.78 is 10.7. The minimum Gasteiger partial charge on any atom is -0.493 e. The minimum atomic E-state index is -0.0741. The zero-order valence-corrected chi connectivity index (χ0v) is 15.6. The molecule has 134 valence electrons. The summed E-state index contributed by atoms with van der Waals surface area (Å²) >= 11 is 0. The Balaban J connectivity index is 2.24. The minimum absolute atomic E-state index is 0.0741. The molecule has 0 aliphatic carbocycles. The molecule has 2 rings (SSSR count). The van der Waals surface area contributed by atoms with E-state index in [0.717, 1.165) is 11.3 Å². The summed E-state index contributed by atoms with van der Waals surface area (Å²) in [4.78, 5) is 16.8. The molecule has 0 aromatic heterocycles. The molecule has 0 bridgehead atoms. The van der Waals surface area contributed by atoms with E-state index < -0.39 is 0 Å². The molecular weight excluding hydrogens is 316 g/mol. The van der Waals surface area contributed by atoms with Crippen molar-refractivity contribution in [3.8, 4) is 11.5 Å². The number of benzene rings is 2. The van der Waals surface area contributed by atoms with Gasteiger partial charge in [0.15, 0.2) is 11.5 Å². The fourth-order valence-corrected chi connectivity index (χ4v) is 2.67. The van der Waals surface area contributed by atoms with Crippen molar-refractivity contribution >= 4 is 11.6 Å².